The van der Waals surface area contributed by atoms with Crippen molar-refractivity contribution in [2.75, 3.05) is 17.8 Å². The van der Waals surface area contributed by atoms with Crippen molar-refractivity contribution < 1.29 is 21.9 Å². The van der Waals surface area contributed by atoms with E-state index in [2.05, 4.69) is 19.6 Å². The van der Waals surface area contributed by atoms with Crippen LogP contribution in [0.25, 0.3) is 11.3 Å². The van der Waals surface area contributed by atoms with Gasteiger partial charge in [0.05, 0.1) is 10.6 Å². The molecule has 0 amide bonds. The van der Waals surface area contributed by atoms with Crippen LogP contribution in [-0.4, -0.2) is 54.4 Å². The second kappa shape index (κ2) is 9.27. The normalized spacial score (nSPS) is 24.5. The molecule has 10 heteroatoms. The fourth-order valence-electron chi connectivity index (χ4n) is 5.95. The van der Waals surface area contributed by atoms with Gasteiger partial charge < -0.3 is 4.74 Å². The van der Waals surface area contributed by atoms with Gasteiger partial charge >= 0.3 is 0 Å². The highest BCUT2D eigenvalue weighted by Crippen LogP contribution is 2.42. The molecule has 2 aromatic carbocycles. The minimum atomic E-state index is -3.96. The highest BCUT2D eigenvalue weighted by Gasteiger charge is 2.48. The first-order chi connectivity index (χ1) is 18.1. The van der Waals surface area contributed by atoms with Gasteiger partial charge in [-0.2, -0.15) is 4.98 Å². The molecule has 7 nitrogen and oxygen atoms in total. The van der Waals surface area contributed by atoms with Crippen LogP contribution < -0.4 is 9.46 Å². The van der Waals surface area contributed by atoms with E-state index in [1.807, 2.05) is 38.1 Å². The van der Waals surface area contributed by atoms with Gasteiger partial charge in [0.2, 0.25) is 11.8 Å². The first-order valence-electron chi connectivity index (χ1n) is 12.9. The molecule has 6 rings (SSSR count). The molecule has 3 aliphatic rings. The monoisotopic (exact) mass is 540 g/mol. The van der Waals surface area contributed by atoms with Gasteiger partial charge in [0.25, 0.3) is 15.9 Å². The van der Waals surface area contributed by atoms with Gasteiger partial charge in [-0.3, -0.25) is 4.90 Å². The zero-order chi connectivity index (χ0) is 26.7. The van der Waals surface area contributed by atoms with Crippen LogP contribution in [0.15, 0.2) is 53.4 Å². The molecular weight excluding hydrogens is 510 g/mol. The van der Waals surface area contributed by atoms with E-state index in [0.717, 1.165) is 28.7 Å². The predicted octanol–water partition coefficient (Wildman–Crippen LogP) is 5.30. The zero-order valence-electron chi connectivity index (χ0n) is 21.3. The molecule has 1 saturated heterocycles. The van der Waals surface area contributed by atoms with Crippen molar-refractivity contribution in [1.29, 1.82) is 0 Å². The van der Waals surface area contributed by atoms with Gasteiger partial charge in [0.15, 0.2) is 0 Å². The highest BCUT2D eigenvalue weighted by molar-refractivity contribution is 7.92. The summed E-state index contributed by atoms with van der Waals surface area (Å²) in [4.78, 5) is 11.2. The van der Waals surface area contributed by atoms with E-state index in [9.17, 15) is 17.2 Å². The Hall–Kier alpha value is -3.11. The Morgan fingerprint density at radius 3 is 2.53 bits per heavy atom. The van der Waals surface area contributed by atoms with Crippen LogP contribution in [0.3, 0.4) is 0 Å². The quantitative estimate of drug-likeness (QED) is 0.475. The van der Waals surface area contributed by atoms with Crippen LogP contribution in [-0.2, 0) is 10.0 Å². The smallest absolute Gasteiger partial charge is 0.264 e. The number of rotatable bonds is 2. The van der Waals surface area contributed by atoms with E-state index in [1.54, 1.807) is 24.3 Å². The molecular formula is C28H30F2N4O3S. The first-order valence-corrected chi connectivity index (χ1v) is 14.4. The van der Waals surface area contributed by atoms with Crippen molar-refractivity contribution in [2.24, 2.45) is 0 Å². The summed E-state index contributed by atoms with van der Waals surface area (Å²) in [5.41, 5.74) is 4.30. The van der Waals surface area contributed by atoms with Gasteiger partial charge in [-0.15, -0.1) is 0 Å². The topological polar surface area (TPSA) is 84.4 Å². The van der Waals surface area contributed by atoms with E-state index in [4.69, 9.17) is 4.74 Å². The summed E-state index contributed by atoms with van der Waals surface area (Å²) in [6.07, 6.45) is 0.744. The summed E-state index contributed by atoms with van der Waals surface area (Å²) in [6.45, 7) is 5.09. The van der Waals surface area contributed by atoms with Crippen LogP contribution >= 0.6 is 0 Å². The average Bonchev–Trinajstić information content (AvgIpc) is 3.04. The van der Waals surface area contributed by atoms with Crippen LogP contribution in [0.2, 0.25) is 0 Å². The fraction of sp³-hybridized carbons (Fsp3) is 0.429. The second-order valence-corrected chi connectivity index (χ2v) is 12.4. The van der Waals surface area contributed by atoms with Crippen molar-refractivity contribution in [1.82, 2.24) is 14.9 Å². The van der Waals surface area contributed by atoms with Crippen LogP contribution in [0.4, 0.5) is 14.7 Å². The summed E-state index contributed by atoms with van der Waals surface area (Å²) < 4.78 is 63.1. The van der Waals surface area contributed by atoms with Crippen molar-refractivity contribution in [3.8, 4) is 17.1 Å². The molecule has 200 valence electrons. The number of nitrogens with one attached hydrogen (secondary N) is 1. The molecule has 1 saturated carbocycles. The van der Waals surface area contributed by atoms with Gasteiger partial charge in [0.1, 0.15) is 6.10 Å². The van der Waals surface area contributed by atoms with Crippen molar-refractivity contribution in [3.63, 3.8) is 0 Å². The Balaban J connectivity index is 1.45. The SMILES string of the molecule is Cc1cccc(C)c1-c1cc2nc(n1)NS(=O)(=O)c1cccc(c1)C1CCN(C3CC(F)(F)C3)C[C@H](C1)O2. The molecule has 0 radical (unpaired) electrons. The van der Waals surface area contributed by atoms with E-state index in [-0.39, 0.29) is 47.6 Å². The molecule has 3 heterocycles. The molecule has 1 aliphatic carbocycles. The lowest BCUT2D eigenvalue weighted by molar-refractivity contribution is -0.126. The van der Waals surface area contributed by atoms with Crippen LogP contribution in [0.5, 0.6) is 5.88 Å². The molecule has 1 unspecified atom stereocenters. The minimum Gasteiger partial charge on any atom is -0.473 e. The maximum atomic E-state index is 13.7. The van der Waals surface area contributed by atoms with Crippen LogP contribution in [0.1, 0.15) is 48.3 Å². The summed E-state index contributed by atoms with van der Waals surface area (Å²) in [5.74, 6) is -2.42. The molecule has 2 fully saturated rings. The van der Waals surface area contributed by atoms with E-state index >= 15 is 0 Å². The number of hydrogen-bond acceptors (Lipinski definition) is 6. The third-order valence-corrected chi connectivity index (χ3v) is 9.25. The number of anilines is 1. The third kappa shape index (κ3) is 4.87. The van der Waals surface area contributed by atoms with Crippen molar-refractivity contribution in [2.45, 2.75) is 68.4 Å². The second-order valence-electron chi connectivity index (χ2n) is 10.7. The summed E-state index contributed by atoms with van der Waals surface area (Å²) in [5, 5.41) is 0. The lowest BCUT2D eigenvalue weighted by atomic mass is 9.86. The highest BCUT2D eigenvalue weighted by atomic mass is 32.2. The van der Waals surface area contributed by atoms with E-state index < -0.39 is 15.9 Å². The maximum Gasteiger partial charge on any atom is 0.264 e. The van der Waals surface area contributed by atoms with Gasteiger partial charge in [0, 0.05) is 37.1 Å². The summed E-state index contributed by atoms with van der Waals surface area (Å²) in [7, 11) is -3.96. The lowest BCUT2D eigenvalue weighted by Gasteiger charge is -2.43. The van der Waals surface area contributed by atoms with Gasteiger partial charge in [-0.25, -0.2) is 26.9 Å². The number of aryl methyl sites for hydroxylation is 2. The molecule has 2 atom stereocenters. The molecule has 38 heavy (non-hydrogen) atoms. The van der Waals surface area contributed by atoms with Crippen molar-refractivity contribution in [3.05, 3.63) is 65.2 Å². The minimum absolute atomic E-state index is 0.0135. The number of halogens is 2. The lowest BCUT2D eigenvalue weighted by Crippen LogP contribution is -2.52. The Morgan fingerprint density at radius 2 is 1.79 bits per heavy atom. The third-order valence-electron chi connectivity index (χ3n) is 7.93. The Morgan fingerprint density at radius 1 is 1.05 bits per heavy atom. The number of fused-ring (bicyclic) bond motifs is 7. The zero-order valence-corrected chi connectivity index (χ0v) is 22.1. The number of hydrogen-bond donors (Lipinski definition) is 1. The predicted molar refractivity (Wildman–Crippen MR) is 140 cm³/mol. The van der Waals surface area contributed by atoms with E-state index in [0.29, 0.717) is 25.2 Å². The molecule has 6 bridgehead atoms. The Bertz CT molecular complexity index is 1470. The molecule has 0 spiro atoms. The number of ether oxygens (including phenoxy) is 1. The summed E-state index contributed by atoms with van der Waals surface area (Å²) in [6, 6.07) is 14.4. The molecule has 3 aromatic rings. The molecule has 1 aromatic heterocycles. The largest absolute Gasteiger partial charge is 0.473 e. The number of aromatic nitrogens is 2. The maximum absolute atomic E-state index is 13.7. The van der Waals surface area contributed by atoms with Gasteiger partial charge in [-0.05, 0) is 68.0 Å². The summed E-state index contributed by atoms with van der Waals surface area (Å²) >= 11 is 0. The Labute approximate surface area is 221 Å². The number of sulfonamides is 1. The van der Waals surface area contributed by atoms with Gasteiger partial charge in [-0.1, -0.05) is 30.3 Å². The van der Waals surface area contributed by atoms with E-state index in [1.165, 1.54) is 0 Å². The number of likely N-dealkylation sites (tertiary alicyclic amines) is 1. The van der Waals surface area contributed by atoms with Crippen molar-refractivity contribution >= 4 is 16.0 Å². The average molecular weight is 541 g/mol. The molecule has 2 aliphatic heterocycles. The number of benzene rings is 2. The standard InChI is InChI=1S/C28H30F2N4O3S/c1-17-5-3-6-18(2)26(17)24-13-25-32-27(31-24)33-38(35,36)23-8-4-7-19(12-23)20-9-10-34(16-22(11-20)37-25)21-14-28(29,30)15-21/h3-8,12-13,20-22H,9-11,14-16H2,1-2H3,(H,31,32,33)/t20?,22-/m0/s1. The number of alkyl halides is 2. The first kappa shape index (κ1) is 25.2. The Kier molecular flexibility index (Phi) is 6.14. The number of nitrogens with zero attached hydrogens (tertiary/aromatic N) is 3. The fourth-order valence-corrected chi connectivity index (χ4v) is 6.95. The molecule has 1 N–H and O–H groups in total. The van der Waals surface area contributed by atoms with Crippen LogP contribution in [0, 0.1) is 13.8 Å².